The summed E-state index contributed by atoms with van der Waals surface area (Å²) >= 11 is 0. The zero-order valence-corrected chi connectivity index (χ0v) is 14.2. The van der Waals surface area contributed by atoms with E-state index in [2.05, 4.69) is 0 Å². The molecule has 126 valence electrons. The van der Waals surface area contributed by atoms with Crippen molar-refractivity contribution in [3.05, 3.63) is 22.6 Å². The van der Waals surface area contributed by atoms with E-state index >= 15 is 0 Å². The van der Waals surface area contributed by atoms with Crippen LogP contribution in [0.1, 0.15) is 40.7 Å². The van der Waals surface area contributed by atoms with E-state index in [1.54, 1.807) is 0 Å². The number of pyridine rings is 1. The fourth-order valence-electron chi connectivity index (χ4n) is 2.29. The Morgan fingerprint density at radius 1 is 1.30 bits per heavy atom. The first kappa shape index (κ1) is 17.6. The molecule has 1 aliphatic rings. The summed E-state index contributed by atoms with van der Waals surface area (Å²) < 4.78 is 18.3. The van der Waals surface area contributed by atoms with E-state index < -0.39 is 35.9 Å². The van der Waals surface area contributed by atoms with Crippen molar-refractivity contribution >= 4 is 18.6 Å². The highest BCUT2D eigenvalue weighted by Crippen LogP contribution is 2.37. The molecule has 1 saturated heterocycles. The summed E-state index contributed by atoms with van der Waals surface area (Å²) in [7, 11) is 0.696. The van der Waals surface area contributed by atoms with Crippen LogP contribution in [0, 0.1) is 0 Å². The second-order valence-corrected chi connectivity index (χ2v) is 6.65. The molecule has 1 N–H and O–H groups in total. The average molecular weight is 323 g/mol. The summed E-state index contributed by atoms with van der Waals surface area (Å²) in [6.07, 6.45) is 1.38. The zero-order chi connectivity index (χ0) is 17.6. The van der Waals surface area contributed by atoms with Crippen LogP contribution in [0.2, 0.25) is 0 Å². The molecule has 7 nitrogen and oxygen atoms in total. The molecule has 0 amide bonds. The van der Waals surface area contributed by atoms with E-state index in [-0.39, 0.29) is 0 Å². The number of methoxy groups -OCH3 is 1. The minimum absolute atomic E-state index is 0.344. The Labute approximate surface area is 135 Å². The molecule has 0 bridgehead atoms. The van der Waals surface area contributed by atoms with Crippen LogP contribution in [0.4, 0.5) is 0 Å². The molecule has 1 aromatic rings. The fraction of sp³-hybridized carbons (Fsp3) is 0.600. The van der Waals surface area contributed by atoms with E-state index in [4.69, 9.17) is 19.2 Å². The Morgan fingerprint density at radius 3 is 2.26 bits per heavy atom. The van der Waals surface area contributed by atoms with Gasteiger partial charge in [0, 0.05) is 17.7 Å². The number of aromatic nitrogens is 1. The van der Waals surface area contributed by atoms with Crippen LogP contribution in [0.3, 0.4) is 0 Å². The third kappa shape index (κ3) is 3.01. The Morgan fingerprint density at radius 2 is 1.83 bits per heavy atom. The van der Waals surface area contributed by atoms with Gasteiger partial charge in [0.15, 0.2) is 0 Å². The number of ether oxygens (including phenoxy) is 1. The normalized spacial score (nSPS) is 20.3. The first-order valence-corrected chi connectivity index (χ1v) is 7.38. The lowest BCUT2D eigenvalue weighted by Crippen LogP contribution is -2.41. The van der Waals surface area contributed by atoms with Gasteiger partial charge in [-0.2, -0.15) is 0 Å². The van der Waals surface area contributed by atoms with Gasteiger partial charge in [0.05, 0.1) is 18.3 Å². The largest absolute Gasteiger partial charge is 0.498 e. The Kier molecular flexibility index (Phi) is 4.34. The minimum Gasteiger partial charge on any atom is -0.496 e. The lowest BCUT2D eigenvalue weighted by molar-refractivity contribution is -0.140. The standard InChI is InChI=1S/C15H22BNO6/c1-9(13(19)20)17-8-11(21-6)10(7-12(17)18)16-22-14(2,3)15(4,5)23-16/h7-9H,1-6H3,(H,19,20). The molecule has 1 fully saturated rings. The van der Waals surface area contributed by atoms with E-state index in [1.165, 1.54) is 26.3 Å². The summed E-state index contributed by atoms with van der Waals surface area (Å²) in [6.45, 7) is 9.07. The molecule has 2 heterocycles. The van der Waals surface area contributed by atoms with Crippen molar-refractivity contribution < 1.29 is 23.9 Å². The van der Waals surface area contributed by atoms with E-state index in [9.17, 15) is 9.59 Å². The number of hydrogen-bond acceptors (Lipinski definition) is 5. The van der Waals surface area contributed by atoms with Gasteiger partial charge in [-0.05, 0) is 34.6 Å². The average Bonchev–Trinajstić information content (AvgIpc) is 2.66. The molecule has 23 heavy (non-hydrogen) atoms. The fourth-order valence-corrected chi connectivity index (χ4v) is 2.29. The molecule has 8 heteroatoms. The quantitative estimate of drug-likeness (QED) is 0.825. The predicted octanol–water partition coefficient (Wildman–Crippen LogP) is 0.802. The SMILES string of the molecule is COc1cn(C(C)C(=O)O)c(=O)cc1B1OC(C)(C)C(C)(C)O1. The number of aliphatic carboxylic acids is 1. The van der Waals surface area contributed by atoms with Gasteiger partial charge in [0.2, 0.25) is 0 Å². The third-order valence-electron chi connectivity index (χ3n) is 4.58. The summed E-state index contributed by atoms with van der Waals surface area (Å²) in [5.41, 5.74) is -1.10. The van der Waals surface area contributed by atoms with Crippen LogP contribution in [-0.2, 0) is 14.1 Å². The zero-order valence-electron chi connectivity index (χ0n) is 14.2. The van der Waals surface area contributed by atoms with Crippen molar-refractivity contribution in [2.24, 2.45) is 0 Å². The molecule has 0 aliphatic carbocycles. The Hall–Kier alpha value is -1.80. The molecule has 0 saturated carbocycles. The van der Waals surface area contributed by atoms with Gasteiger partial charge in [-0.25, -0.2) is 4.79 Å². The van der Waals surface area contributed by atoms with Gasteiger partial charge in [-0.15, -0.1) is 0 Å². The maximum absolute atomic E-state index is 12.3. The molecule has 1 unspecified atom stereocenters. The van der Waals surface area contributed by atoms with Crippen molar-refractivity contribution in [2.75, 3.05) is 7.11 Å². The van der Waals surface area contributed by atoms with Crippen molar-refractivity contribution in [2.45, 2.75) is 51.9 Å². The first-order chi connectivity index (χ1) is 10.5. The van der Waals surface area contributed by atoms with Crippen molar-refractivity contribution in [1.29, 1.82) is 0 Å². The number of rotatable bonds is 4. The first-order valence-electron chi connectivity index (χ1n) is 7.38. The number of carboxylic acids is 1. The molecule has 1 atom stereocenters. The summed E-state index contributed by atoms with van der Waals surface area (Å²) in [5.74, 6) is -0.756. The smallest absolute Gasteiger partial charge is 0.496 e. The second-order valence-electron chi connectivity index (χ2n) is 6.65. The Balaban J connectivity index is 2.48. The van der Waals surface area contributed by atoms with Gasteiger partial charge < -0.3 is 19.2 Å². The van der Waals surface area contributed by atoms with Gasteiger partial charge in [0.1, 0.15) is 11.8 Å². The van der Waals surface area contributed by atoms with Crippen molar-refractivity contribution in [3.63, 3.8) is 0 Å². The highest BCUT2D eigenvalue weighted by molar-refractivity contribution is 6.63. The number of carbonyl (C=O) groups is 1. The van der Waals surface area contributed by atoms with Crippen LogP contribution >= 0.6 is 0 Å². The number of hydrogen-bond donors (Lipinski definition) is 1. The molecule has 1 aliphatic heterocycles. The summed E-state index contributed by atoms with van der Waals surface area (Å²) in [6, 6.07) is 0.309. The molecule has 0 radical (unpaired) electrons. The highest BCUT2D eigenvalue weighted by Gasteiger charge is 2.52. The van der Waals surface area contributed by atoms with E-state index in [0.29, 0.717) is 11.2 Å². The Bertz CT molecular complexity index is 665. The van der Waals surface area contributed by atoms with E-state index in [1.807, 2.05) is 27.7 Å². The van der Waals surface area contributed by atoms with Crippen LogP contribution in [0.5, 0.6) is 5.75 Å². The highest BCUT2D eigenvalue weighted by atomic mass is 16.7. The maximum atomic E-state index is 12.3. The molecule has 0 spiro atoms. The molecule has 2 rings (SSSR count). The molecule has 1 aromatic heterocycles. The summed E-state index contributed by atoms with van der Waals surface area (Å²) in [5, 5.41) is 9.09. The topological polar surface area (TPSA) is 87.0 Å². The van der Waals surface area contributed by atoms with Gasteiger partial charge in [-0.3, -0.25) is 9.36 Å². The monoisotopic (exact) mass is 323 g/mol. The van der Waals surface area contributed by atoms with Gasteiger partial charge in [-0.1, -0.05) is 0 Å². The number of nitrogens with zero attached hydrogens (tertiary/aromatic N) is 1. The van der Waals surface area contributed by atoms with Crippen LogP contribution in [0.15, 0.2) is 17.1 Å². The third-order valence-corrected chi connectivity index (χ3v) is 4.58. The van der Waals surface area contributed by atoms with Crippen LogP contribution in [-0.4, -0.2) is 41.1 Å². The minimum atomic E-state index is -1.10. The lowest BCUT2D eigenvalue weighted by Gasteiger charge is -2.32. The van der Waals surface area contributed by atoms with Gasteiger partial charge >= 0.3 is 13.1 Å². The second kappa shape index (κ2) is 5.69. The number of carboxylic acid groups (broad SMARTS) is 1. The molecular weight excluding hydrogens is 301 g/mol. The van der Waals surface area contributed by atoms with E-state index in [0.717, 1.165) is 4.57 Å². The lowest BCUT2D eigenvalue weighted by atomic mass is 9.79. The van der Waals surface area contributed by atoms with Crippen LogP contribution in [0.25, 0.3) is 0 Å². The van der Waals surface area contributed by atoms with Crippen LogP contribution < -0.4 is 15.8 Å². The van der Waals surface area contributed by atoms with Crippen molar-refractivity contribution in [1.82, 2.24) is 4.57 Å². The molecular formula is C15H22BNO6. The maximum Gasteiger partial charge on any atom is 0.498 e. The van der Waals surface area contributed by atoms with Gasteiger partial charge in [0.25, 0.3) is 5.56 Å². The summed E-state index contributed by atoms with van der Waals surface area (Å²) in [4.78, 5) is 23.4. The predicted molar refractivity (Wildman–Crippen MR) is 85.3 cm³/mol. The molecule has 0 aromatic carbocycles. The van der Waals surface area contributed by atoms with Crippen molar-refractivity contribution in [3.8, 4) is 5.75 Å².